The minimum Gasteiger partial charge on any atom is -0.483 e. The zero-order valence-electron chi connectivity index (χ0n) is 21.7. The van der Waals surface area contributed by atoms with Crippen molar-refractivity contribution >= 4 is 45.9 Å². The predicted octanol–water partition coefficient (Wildman–Crippen LogP) is 4.51. The summed E-state index contributed by atoms with van der Waals surface area (Å²) >= 11 is 2.16. The molecule has 0 radical (unpaired) electrons. The molecule has 3 rings (SSSR count). The van der Waals surface area contributed by atoms with Crippen molar-refractivity contribution < 1.29 is 23.9 Å². The summed E-state index contributed by atoms with van der Waals surface area (Å²) in [6.45, 7) is 11.5. The number of ether oxygens (including phenoxy) is 2. The van der Waals surface area contributed by atoms with Crippen LogP contribution in [0.4, 0.5) is 5.00 Å². The number of nitrogens with one attached hydrogen (secondary N) is 1. The first-order chi connectivity index (χ1) is 17.5. The first-order valence-corrected chi connectivity index (χ1v) is 13.5. The van der Waals surface area contributed by atoms with Crippen LogP contribution in [0.25, 0.3) is 0 Å². The molecular formula is C25H31N5O5S2. The Balaban J connectivity index is 1.72. The number of thiophene rings is 1. The molecule has 0 spiro atoms. The molecule has 0 aliphatic rings. The number of carbonyl (C=O) groups is 3. The van der Waals surface area contributed by atoms with Crippen LogP contribution in [0, 0.1) is 13.8 Å². The number of anilines is 1. The maximum Gasteiger partial charge on any atom is 0.341 e. The van der Waals surface area contributed by atoms with Crippen LogP contribution >= 0.6 is 23.1 Å². The van der Waals surface area contributed by atoms with E-state index >= 15 is 0 Å². The molecule has 0 aliphatic carbocycles. The monoisotopic (exact) mass is 545 g/mol. The second-order valence-electron chi connectivity index (χ2n) is 8.58. The quantitative estimate of drug-likeness (QED) is 0.265. The number of hydrogen-bond acceptors (Lipinski definition) is 9. The van der Waals surface area contributed by atoms with Gasteiger partial charge in [-0.3, -0.25) is 9.59 Å². The second-order valence-corrected chi connectivity index (χ2v) is 10.5. The second kappa shape index (κ2) is 12.2. The lowest BCUT2D eigenvalue weighted by Crippen LogP contribution is -2.18. The lowest BCUT2D eigenvalue weighted by Gasteiger charge is -2.16. The smallest absolute Gasteiger partial charge is 0.341 e. The molecule has 198 valence electrons. The highest BCUT2D eigenvalue weighted by atomic mass is 32.2. The molecule has 2 amide bonds. The van der Waals surface area contributed by atoms with Crippen LogP contribution in [0.15, 0.2) is 29.4 Å². The van der Waals surface area contributed by atoms with Crippen LogP contribution < -0.4 is 15.8 Å². The first kappa shape index (κ1) is 28.2. The van der Waals surface area contributed by atoms with E-state index in [4.69, 9.17) is 15.2 Å². The molecule has 0 saturated heterocycles. The molecular weight excluding hydrogens is 514 g/mol. The third-order valence-corrected chi connectivity index (χ3v) is 7.42. The Morgan fingerprint density at radius 3 is 2.54 bits per heavy atom. The number of nitrogens with two attached hydrogens (primary N) is 1. The average molecular weight is 546 g/mol. The summed E-state index contributed by atoms with van der Waals surface area (Å²) in [6.07, 6.45) is -0.719. The number of esters is 1. The van der Waals surface area contributed by atoms with E-state index in [1.165, 1.54) is 11.8 Å². The number of carbonyl (C=O) groups excluding carboxylic acids is 3. The van der Waals surface area contributed by atoms with E-state index in [-0.39, 0.29) is 39.3 Å². The molecule has 10 nitrogen and oxygen atoms in total. The highest BCUT2D eigenvalue weighted by molar-refractivity contribution is 7.99. The summed E-state index contributed by atoms with van der Waals surface area (Å²) < 4.78 is 13.2. The number of thioether (sulfide) groups is 1. The summed E-state index contributed by atoms with van der Waals surface area (Å²) in [6, 6.07) is 7.76. The third-order valence-electron chi connectivity index (χ3n) is 5.23. The van der Waals surface area contributed by atoms with E-state index in [9.17, 15) is 14.4 Å². The molecule has 3 aromatic rings. The van der Waals surface area contributed by atoms with Crippen molar-refractivity contribution in [3.63, 3.8) is 0 Å². The van der Waals surface area contributed by atoms with Gasteiger partial charge in [-0.15, -0.1) is 21.5 Å². The van der Waals surface area contributed by atoms with Crippen LogP contribution in [-0.4, -0.2) is 44.4 Å². The molecule has 2 heterocycles. The zero-order chi connectivity index (χ0) is 27.3. The maximum atomic E-state index is 12.8. The molecule has 0 bridgehead atoms. The van der Waals surface area contributed by atoms with Crippen molar-refractivity contribution in [2.45, 2.75) is 65.5 Å². The molecule has 12 heteroatoms. The molecule has 0 saturated carbocycles. The van der Waals surface area contributed by atoms with Gasteiger partial charge in [0.1, 0.15) is 10.8 Å². The average Bonchev–Trinajstić information content (AvgIpc) is 3.37. The Hall–Kier alpha value is -3.38. The molecule has 1 aromatic carbocycles. The first-order valence-electron chi connectivity index (χ1n) is 11.7. The van der Waals surface area contributed by atoms with E-state index in [0.29, 0.717) is 23.1 Å². The van der Waals surface area contributed by atoms with Crippen molar-refractivity contribution in [1.82, 2.24) is 14.8 Å². The highest BCUT2D eigenvalue weighted by Crippen LogP contribution is 2.34. The Bertz CT molecular complexity index is 1300. The van der Waals surface area contributed by atoms with Crippen molar-refractivity contribution in [2.75, 3.05) is 11.1 Å². The highest BCUT2D eigenvalue weighted by Gasteiger charge is 2.27. The molecule has 1 atom stereocenters. The van der Waals surface area contributed by atoms with E-state index < -0.39 is 11.9 Å². The number of hydrogen-bond donors (Lipinski definition) is 2. The molecule has 0 fully saturated rings. The van der Waals surface area contributed by atoms with Gasteiger partial charge in [-0.2, -0.15) is 0 Å². The summed E-state index contributed by atoms with van der Waals surface area (Å²) in [7, 11) is 0. The van der Waals surface area contributed by atoms with Gasteiger partial charge in [0.05, 0.1) is 22.3 Å². The van der Waals surface area contributed by atoms with Gasteiger partial charge in [0.15, 0.2) is 17.1 Å². The number of aromatic nitrogens is 3. The Kier molecular flexibility index (Phi) is 9.33. The zero-order valence-corrected chi connectivity index (χ0v) is 23.3. The van der Waals surface area contributed by atoms with Gasteiger partial charge in [0, 0.05) is 6.54 Å². The third kappa shape index (κ3) is 6.89. The fraction of sp³-hybridized carbons (Fsp3) is 0.400. The minimum absolute atomic E-state index is 0.00672. The van der Waals surface area contributed by atoms with Gasteiger partial charge in [-0.25, -0.2) is 4.79 Å². The number of benzene rings is 1. The van der Waals surface area contributed by atoms with Crippen LogP contribution in [0.3, 0.4) is 0 Å². The van der Waals surface area contributed by atoms with Crippen molar-refractivity contribution in [3.05, 3.63) is 51.7 Å². The largest absolute Gasteiger partial charge is 0.483 e. The van der Waals surface area contributed by atoms with Crippen LogP contribution in [-0.2, 0) is 16.1 Å². The van der Waals surface area contributed by atoms with Gasteiger partial charge < -0.3 is 25.1 Å². The maximum absolute atomic E-state index is 12.8. The Morgan fingerprint density at radius 2 is 1.92 bits per heavy atom. The van der Waals surface area contributed by atoms with Crippen LogP contribution in [0.2, 0.25) is 0 Å². The van der Waals surface area contributed by atoms with Crippen molar-refractivity contribution in [1.29, 1.82) is 0 Å². The molecule has 37 heavy (non-hydrogen) atoms. The normalized spacial score (nSPS) is 11.9. The van der Waals surface area contributed by atoms with Gasteiger partial charge in [-0.05, 0) is 64.8 Å². The lowest BCUT2D eigenvalue weighted by molar-refractivity contribution is -0.113. The van der Waals surface area contributed by atoms with Gasteiger partial charge >= 0.3 is 5.97 Å². The molecule has 3 N–H and O–H groups in total. The summed E-state index contributed by atoms with van der Waals surface area (Å²) in [5, 5.41) is 12.0. The standard InChI is InChI=1S/C25H31N5O5S2/c1-7-30-22(16(6)35-17-10-8-9-14(4)11-17)28-29-25(30)36-12-18(31)27-23-19(24(33)34-13(2)3)15(5)20(37-23)21(26)32/h8-11,13,16H,7,12H2,1-6H3,(H2,26,32)(H,27,31). The lowest BCUT2D eigenvalue weighted by atomic mass is 10.1. The van der Waals surface area contributed by atoms with Crippen molar-refractivity contribution in [2.24, 2.45) is 5.73 Å². The molecule has 1 unspecified atom stereocenters. The van der Waals surface area contributed by atoms with Crippen LogP contribution in [0.1, 0.15) is 70.8 Å². The van der Waals surface area contributed by atoms with Gasteiger partial charge in [0.25, 0.3) is 5.91 Å². The summed E-state index contributed by atoms with van der Waals surface area (Å²) in [5.74, 6) is -0.297. The number of nitrogens with zero attached hydrogens (tertiary/aromatic N) is 3. The van der Waals surface area contributed by atoms with E-state index in [0.717, 1.165) is 22.6 Å². The SMILES string of the molecule is CCn1c(SCC(=O)Nc2sc(C(N)=O)c(C)c2C(=O)OC(C)C)nnc1C(C)Oc1cccc(C)c1. The fourth-order valence-corrected chi connectivity index (χ4v) is 5.47. The van der Waals surface area contributed by atoms with Crippen molar-refractivity contribution in [3.8, 4) is 5.75 Å². The van der Waals surface area contributed by atoms with Crippen LogP contribution in [0.5, 0.6) is 5.75 Å². The Morgan fingerprint density at radius 1 is 1.19 bits per heavy atom. The van der Waals surface area contributed by atoms with E-state index in [1.54, 1.807) is 20.8 Å². The molecule has 2 aromatic heterocycles. The number of primary amides is 1. The topological polar surface area (TPSA) is 138 Å². The van der Waals surface area contributed by atoms with E-state index in [2.05, 4.69) is 15.5 Å². The number of amides is 2. The minimum atomic E-state index is -0.679. The fourth-order valence-electron chi connectivity index (χ4n) is 3.60. The van der Waals surface area contributed by atoms with Gasteiger partial charge in [0.2, 0.25) is 5.91 Å². The summed E-state index contributed by atoms with van der Waals surface area (Å²) in [4.78, 5) is 37.5. The summed E-state index contributed by atoms with van der Waals surface area (Å²) in [5.41, 5.74) is 7.05. The predicted molar refractivity (Wildman–Crippen MR) is 143 cm³/mol. The molecule has 0 aliphatic heterocycles. The Labute approximate surface area is 223 Å². The van der Waals surface area contributed by atoms with Gasteiger partial charge in [-0.1, -0.05) is 23.9 Å². The van der Waals surface area contributed by atoms with E-state index in [1.807, 2.05) is 49.6 Å². The number of aryl methyl sites for hydroxylation is 1. The number of rotatable bonds is 11.